The molecule has 4 nitrogen and oxygen atoms in total. The van der Waals surface area contributed by atoms with Crippen LogP contribution in [0.2, 0.25) is 0 Å². The molecule has 1 N–H and O–H groups in total. The fourth-order valence-corrected chi connectivity index (χ4v) is 4.74. The highest BCUT2D eigenvalue weighted by Gasteiger charge is 2.28. The number of aromatic nitrogens is 2. The van der Waals surface area contributed by atoms with E-state index >= 15 is 0 Å². The normalized spacial score (nSPS) is 24.7. The quantitative estimate of drug-likeness (QED) is 0.831. The molecular weight excluding hydrogens is 282 g/mol. The molecule has 2 heterocycles. The largest absolute Gasteiger partial charge is 0.339 e. The molecule has 1 aliphatic carbocycles. The average molecular weight is 309 g/mol. The summed E-state index contributed by atoms with van der Waals surface area (Å²) in [6.45, 7) is 3.31. The monoisotopic (exact) mass is 309 g/mol. The zero-order chi connectivity index (χ0) is 14.5. The molecule has 2 aliphatic rings. The summed E-state index contributed by atoms with van der Waals surface area (Å²) in [5.41, 5.74) is 0. The molecule has 1 aliphatic heterocycles. The fraction of sp³-hybridized carbons (Fsp3) is 0.875. The summed E-state index contributed by atoms with van der Waals surface area (Å²) in [6, 6.07) is 0.511. The van der Waals surface area contributed by atoms with Crippen LogP contribution in [0.1, 0.15) is 68.8 Å². The molecule has 1 saturated heterocycles. The van der Waals surface area contributed by atoms with Crippen LogP contribution in [0.25, 0.3) is 0 Å². The van der Waals surface area contributed by atoms with Crippen molar-refractivity contribution >= 4 is 11.8 Å². The number of nitrogens with zero attached hydrogens (tertiary/aromatic N) is 2. The van der Waals surface area contributed by atoms with Crippen molar-refractivity contribution in [2.75, 3.05) is 12.3 Å². The van der Waals surface area contributed by atoms with Crippen LogP contribution in [-0.2, 0) is 6.42 Å². The number of hydrogen-bond acceptors (Lipinski definition) is 5. The Kier molecular flexibility index (Phi) is 5.58. The predicted molar refractivity (Wildman–Crippen MR) is 86.5 cm³/mol. The highest BCUT2D eigenvalue weighted by atomic mass is 32.2. The zero-order valence-electron chi connectivity index (χ0n) is 13.0. The van der Waals surface area contributed by atoms with Gasteiger partial charge in [0.1, 0.15) is 0 Å². The second-order valence-electron chi connectivity index (χ2n) is 6.36. The Morgan fingerprint density at radius 2 is 2.14 bits per heavy atom. The predicted octanol–water partition coefficient (Wildman–Crippen LogP) is 3.74. The van der Waals surface area contributed by atoms with E-state index in [1.165, 1.54) is 50.7 Å². The first-order valence-electron chi connectivity index (χ1n) is 8.54. The molecule has 0 aromatic carbocycles. The molecule has 1 aromatic heterocycles. The van der Waals surface area contributed by atoms with E-state index in [2.05, 4.69) is 22.4 Å². The van der Waals surface area contributed by atoms with Crippen LogP contribution >= 0.6 is 11.8 Å². The van der Waals surface area contributed by atoms with Gasteiger partial charge in [0.25, 0.3) is 0 Å². The van der Waals surface area contributed by atoms with Gasteiger partial charge in [0.2, 0.25) is 5.89 Å². The van der Waals surface area contributed by atoms with E-state index in [1.807, 2.05) is 11.8 Å². The summed E-state index contributed by atoms with van der Waals surface area (Å²) in [6.07, 6.45) is 10.0. The maximum Gasteiger partial charge on any atom is 0.228 e. The highest BCUT2D eigenvalue weighted by Crippen LogP contribution is 2.38. The van der Waals surface area contributed by atoms with Crippen LogP contribution < -0.4 is 5.32 Å². The Balaban J connectivity index is 1.61. The Labute approximate surface area is 131 Å². The van der Waals surface area contributed by atoms with Crippen molar-refractivity contribution in [3.63, 3.8) is 0 Å². The van der Waals surface area contributed by atoms with Crippen LogP contribution in [0.5, 0.6) is 0 Å². The summed E-state index contributed by atoms with van der Waals surface area (Å²) in [4.78, 5) is 4.67. The molecule has 5 heteroatoms. The van der Waals surface area contributed by atoms with Crippen molar-refractivity contribution in [2.24, 2.45) is 5.92 Å². The lowest BCUT2D eigenvalue weighted by Crippen LogP contribution is -2.37. The molecular formula is C16H27N3OS. The molecule has 118 valence electrons. The van der Waals surface area contributed by atoms with Crippen molar-refractivity contribution in [3.8, 4) is 0 Å². The Morgan fingerprint density at radius 1 is 1.29 bits per heavy atom. The van der Waals surface area contributed by atoms with Gasteiger partial charge < -0.3 is 9.84 Å². The van der Waals surface area contributed by atoms with E-state index in [9.17, 15) is 0 Å². The van der Waals surface area contributed by atoms with Crippen molar-refractivity contribution in [2.45, 2.75) is 69.6 Å². The van der Waals surface area contributed by atoms with E-state index in [0.29, 0.717) is 11.3 Å². The summed E-state index contributed by atoms with van der Waals surface area (Å²) in [5.74, 6) is 3.77. The number of nitrogens with one attached hydrogen (secondary N) is 1. The molecule has 0 spiro atoms. The smallest absolute Gasteiger partial charge is 0.228 e. The van der Waals surface area contributed by atoms with Gasteiger partial charge in [0.05, 0.1) is 5.25 Å². The maximum atomic E-state index is 5.53. The lowest BCUT2D eigenvalue weighted by molar-refractivity contribution is 0.307. The lowest BCUT2D eigenvalue weighted by Gasteiger charge is -2.23. The zero-order valence-corrected chi connectivity index (χ0v) is 13.8. The van der Waals surface area contributed by atoms with Crippen molar-refractivity contribution in [1.82, 2.24) is 15.5 Å². The standard InChI is InChI=1S/C16H27N3OS/c1-2-9-17-13(12-6-3-4-7-12)11-15-18-16(19-20-15)14-8-5-10-21-14/h12-14,17H,2-11H2,1H3. The molecule has 1 saturated carbocycles. The van der Waals surface area contributed by atoms with Gasteiger partial charge in [0, 0.05) is 12.5 Å². The first-order chi connectivity index (χ1) is 10.4. The summed E-state index contributed by atoms with van der Waals surface area (Å²) in [7, 11) is 0. The van der Waals surface area contributed by atoms with Crippen LogP contribution in [0, 0.1) is 5.92 Å². The first kappa shape index (κ1) is 15.3. The van der Waals surface area contributed by atoms with Crippen LogP contribution in [-0.4, -0.2) is 28.5 Å². The minimum absolute atomic E-state index is 0.469. The maximum absolute atomic E-state index is 5.53. The van der Waals surface area contributed by atoms with E-state index in [4.69, 9.17) is 4.52 Å². The number of hydrogen-bond donors (Lipinski definition) is 1. The van der Waals surface area contributed by atoms with E-state index in [0.717, 1.165) is 30.6 Å². The van der Waals surface area contributed by atoms with E-state index in [-0.39, 0.29) is 0 Å². The molecule has 0 bridgehead atoms. The lowest BCUT2D eigenvalue weighted by atomic mass is 9.95. The van der Waals surface area contributed by atoms with Gasteiger partial charge >= 0.3 is 0 Å². The average Bonchev–Trinajstić information content (AvgIpc) is 3.24. The third-order valence-corrected chi connectivity index (χ3v) is 6.09. The summed E-state index contributed by atoms with van der Waals surface area (Å²) >= 11 is 1.97. The first-order valence-corrected chi connectivity index (χ1v) is 9.59. The highest BCUT2D eigenvalue weighted by molar-refractivity contribution is 7.99. The molecule has 2 fully saturated rings. The van der Waals surface area contributed by atoms with Gasteiger partial charge in [-0.25, -0.2) is 0 Å². The molecule has 2 unspecified atom stereocenters. The fourth-order valence-electron chi connectivity index (χ4n) is 3.55. The summed E-state index contributed by atoms with van der Waals surface area (Å²) < 4.78 is 5.53. The van der Waals surface area contributed by atoms with Gasteiger partial charge in [-0.1, -0.05) is 24.9 Å². The summed E-state index contributed by atoms with van der Waals surface area (Å²) in [5, 5.41) is 8.40. The van der Waals surface area contributed by atoms with Gasteiger partial charge in [-0.05, 0) is 50.3 Å². The van der Waals surface area contributed by atoms with Crippen LogP contribution in [0.3, 0.4) is 0 Å². The molecule has 1 aromatic rings. The second-order valence-corrected chi connectivity index (χ2v) is 7.67. The van der Waals surface area contributed by atoms with Crippen molar-refractivity contribution in [3.05, 3.63) is 11.7 Å². The van der Waals surface area contributed by atoms with E-state index in [1.54, 1.807) is 0 Å². The van der Waals surface area contributed by atoms with Gasteiger partial charge in [0.15, 0.2) is 5.82 Å². The molecule has 21 heavy (non-hydrogen) atoms. The molecule has 0 amide bonds. The Bertz CT molecular complexity index is 425. The van der Waals surface area contributed by atoms with Gasteiger partial charge in [-0.3, -0.25) is 0 Å². The van der Waals surface area contributed by atoms with Gasteiger partial charge in [-0.2, -0.15) is 16.7 Å². The van der Waals surface area contributed by atoms with Crippen LogP contribution in [0.4, 0.5) is 0 Å². The Morgan fingerprint density at radius 3 is 2.86 bits per heavy atom. The third kappa shape index (κ3) is 4.01. The minimum Gasteiger partial charge on any atom is -0.339 e. The third-order valence-electron chi connectivity index (χ3n) is 4.72. The topological polar surface area (TPSA) is 51.0 Å². The number of thioether (sulfide) groups is 1. The Hall–Kier alpha value is -0.550. The molecule has 2 atom stereocenters. The van der Waals surface area contributed by atoms with Gasteiger partial charge in [-0.15, -0.1) is 0 Å². The molecule has 3 rings (SSSR count). The van der Waals surface area contributed by atoms with Crippen molar-refractivity contribution in [1.29, 1.82) is 0 Å². The van der Waals surface area contributed by atoms with E-state index < -0.39 is 0 Å². The SMILES string of the molecule is CCCNC(Cc1nc(C2CCCS2)no1)C1CCCC1. The minimum atomic E-state index is 0.469. The number of rotatable bonds is 7. The second kappa shape index (κ2) is 7.63. The molecule has 0 radical (unpaired) electrons. The van der Waals surface area contributed by atoms with Crippen LogP contribution in [0.15, 0.2) is 4.52 Å². The van der Waals surface area contributed by atoms with Crippen molar-refractivity contribution < 1.29 is 4.52 Å².